The summed E-state index contributed by atoms with van der Waals surface area (Å²) in [5.41, 5.74) is 0.981. The fourth-order valence-corrected chi connectivity index (χ4v) is 1.98. The molecule has 0 aromatic carbocycles. The van der Waals surface area contributed by atoms with Crippen molar-refractivity contribution in [1.82, 2.24) is 25.2 Å². The summed E-state index contributed by atoms with van der Waals surface area (Å²) in [6.45, 7) is 9.90. The molecule has 1 N–H and O–H groups in total. The minimum Gasteiger partial charge on any atom is -0.383 e. The van der Waals surface area contributed by atoms with Gasteiger partial charge in [-0.3, -0.25) is 9.58 Å². The van der Waals surface area contributed by atoms with Crippen molar-refractivity contribution in [2.75, 3.05) is 40.4 Å². The van der Waals surface area contributed by atoms with Crippen LogP contribution in [0.5, 0.6) is 0 Å². The lowest BCUT2D eigenvalue weighted by Crippen LogP contribution is -2.34. The molecule has 0 aliphatic rings. The third-order valence-electron chi connectivity index (χ3n) is 2.82. The summed E-state index contributed by atoms with van der Waals surface area (Å²) in [5.74, 6) is 0.660. The van der Waals surface area contributed by atoms with Crippen LogP contribution < -0.4 is 5.32 Å². The van der Waals surface area contributed by atoms with Gasteiger partial charge in [-0.05, 0) is 13.0 Å². The van der Waals surface area contributed by atoms with Crippen LogP contribution in [-0.4, -0.2) is 60.3 Å². The smallest absolute Gasteiger partial charge is 0.0964 e. The number of nitrogens with one attached hydrogen (secondary N) is 1. The van der Waals surface area contributed by atoms with Gasteiger partial charge in [0.25, 0.3) is 0 Å². The summed E-state index contributed by atoms with van der Waals surface area (Å²) >= 11 is 0. The summed E-state index contributed by atoms with van der Waals surface area (Å²) < 4.78 is 7.07. The molecule has 0 aliphatic carbocycles. The molecule has 6 heteroatoms. The van der Waals surface area contributed by atoms with Gasteiger partial charge in [-0.2, -0.15) is 0 Å². The highest BCUT2D eigenvalue weighted by Crippen LogP contribution is 2.00. The van der Waals surface area contributed by atoms with E-state index in [4.69, 9.17) is 4.74 Å². The zero-order valence-corrected chi connectivity index (χ0v) is 12.6. The van der Waals surface area contributed by atoms with Crippen LogP contribution in [0.15, 0.2) is 6.20 Å². The molecule has 6 nitrogen and oxygen atoms in total. The Labute approximate surface area is 116 Å². The van der Waals surface area contributed by atoms with Gasteiger partial charge in [-0.1, -0.05) is 19.1 Å². The Balaban J connectivity index is 2.40. The Hall–Kier alpha value is -0.980. The fourth-order valence-electron chi connectivity index (χ4n) is 1.98. The molecular weight excluding hydrogens is 242 g/mol. The van der Waals surface area contributed by atoms with Gasteiger partial charge >= 0.3 is 0 Å². The maximum absolute atomic E-state index is 5.16. The summed E-state index contributed by atoms with van der Waals surface area (Å²) in [5, 5.41) is 11.3. The predicted molar refractivity (Wildman–Crippen MR) is 75.9 cm³/mol. The second kappa shape index (κ2) is 9.01. The predicted octanol–water partition coefficient (Wildman–Crippen LogP) is 0.602. The van der Waals surface area contributed by atoms with E-state index in [0.29, 0.717) is 5.92 Å². The molecule has 0 bridgehead atoms. The topological polar surface area (TPSA) is 55.2 Å². The standard InChI is InChI=1S/C13H27N5O/c1-12(2)10-17(7-8-19-4)5-6-18-11-13(9-14-3)15-16-18/h11-12,14H,5-10H2,1-4H3. The van der Waals surface area contributed by atoms with E-state index >= 15 is 0 Å². The maximum Gasteiger partial charge on any atom is 0.0964 e. The average molecular weight is 269 g/mol. The molecule has 19 heavy (non-hydrogen) atoms. The quantitative estimate of drug-likeness (QED) is 0.674. The molecule has 0 radical (unpaired) electrons. The molecule has 0 saturated carbocycles. The van der Waals surface area contributed by atoms with Crippen LogP contribution in [-0.2, 0) is 17.8 Å². The van der Waals surface area contributed by atoms with Crippen LogP contribution in [0.25, 0.3) is 0 Å². The Morgan fingerprint density at radius 2 is 2.21 bits per heavy atom. The first-order valence-electron chi connectivity index (χ1n) is 6.90. The van der Waals surface area contributed by atoms with E-state index in [9.17, 15) is 0 Å². The number of hydrogen-bond acceptors (Lipinski definition) is 5. The molecule has 0 saturated heterocycles. The van der Waals surface area contributed by atoms with Gasteiger partial charge in [0, 0.05) is 39.5 Å². The van der Waals surface area contributed by atoms with Crippen molar-refractivity contribution in [3.8, 4) is 0 Å². The third-order valence-corrected chi connectivity index (χ3v) is 2.82. The Kier molecular flexibility index (Phi) is 7.62. The van der Waals surface area contributed by atoms with Crippen LogP contribution in [0, 0.1) is 5.92 Å². The van der Waals surface area contributed by atoms with Gasteiger partial charge in [0.2, 0.25) is 0 Å². The van der Waals surface area contributed by atoms with Crippen molar-refractivity contribution < 1.29 is 4.74 Å². The molecule has 1 aromatic heterocycles. The minimum atomic E-state index is 0.660. The third kappa shape index (κ3) is 6.66. The zero-order valence-electron chi connectivity index (χ0n) is 12.6. The number of ether oxygens (including phenoxy) is 1. The summed E-state index contributed by atoms with van der Waals surface area (Å²) in [7, 11) is 3.66. The van der Waals surface area contributed by atoms with Gasteiger partial charge < -0.3 is 10.1 Å². The lowest BCUT2D eigenvalue weighted by Gasteiger charge is -2.23. The zero-order chi connectivity index (χ0) is 14.1. The molecule has 0 aliphatic heterocycles. The molecular formula is C13H27N5O. The van der Waals surface area contributed by atoms with E-state index in [-0.39, 0.29) is 0 Å². The van der Waals surface area contributed by atoms with E-state index < -0.39 is 0 Å². The molecule has 0 atom stereocenters. The molecule has 1 aromatic rings. The number of aromatic nitrogens is 3. The van der Waals surface area contributed by atoms with Crippen LogP contribution in [0.1, 0.15) is 19.5 Å². The highest BCUT2D eigenvalue weighted by molar-refractivity contribution is 4.91. The Morgan fingerprint density at radius 3 is 2.84 bits per heavy atom. The average Bonchev–Trinajstić information content (AvgIpc) is 2.80. The molecule has 0 fully saturated rings. The first-order valence-corrected chi connectivity index (χ1v) is 6.90. The lowest BCUT2D eigenvalue weighted by molar-refractivity contribution is 0.136. The van der Waals surface area contributed by atoms with E-state index in [1.807, 2.05) is 17.9 Å². The van der Waals surface area contributed by atoms with E-state index in [2.05, 4.69) is 34.4 Å². The number of rotatable bonds is 10. The lowest BCUT2D eigenvalue weighted by atomic mass is 10.2. The van der Waals surface area contributed by atoms with Crippen molar-refractivity contribution in [3.05, 3.63) is 11.9 Å². The van der Waals surface area contributed by atoms with Crippen molar-refractivity contribution in [3.63, 3.8) is 0 Å². The number of methoxy groups -OCH3 is 1. The second-order valence-corrected chi connectivity index (χ2v) is 5.19. The summed E-state index contributed by atoms with van der Waals surface area (Å²) in [6.07, 6.45) is 2.00. The maximum atomic E-state index is 5.16. The fraction of sp³-hybridized carbons (Fsp3) is 0.846. The number of nitrogens with zero attached hydrogens (tertiary/aromatic N) is 4. The van der Waals surface area contributed by atoms with Gasteiger partial charge in [0.15, 0.2) is 0 Å². The van der Waals surface area contributed by atoms with Gasteiger partial charge in [-0.15, -0.1) is 5.10 Å². The van der Waals surface area contributed by atoms with Crippen molar-refractivity contribution in [2.24, 2.45) is 5.92 Å². The number of hydrogen-bond donors (Lipinski definition) is 1. The van der Waals surface area contributed by atoms with Gasteiger partial charge in [-0.25, -0.2) is 0 Å². The Bertz CT molecular complexity index is 340. The van der Waals surface area contributed by atoms with Gasteiger partial charge in [0.05, 0.1) is 18.8 Å². The molecule has 0 unspecified atom stereocenters. The van der Waals surface area contributed by atoms with Crippen molar-refractivity contribution in [2.45, 2.75) is 26.9 Å². The molecule has 1 heterocycles. The monoisotopic (exact) mass is 269 g/mol. The first kappa shape index (κ1) is 16.1. The second-order valence-electron chi connectivity index (χ2n) is 5.19. The SMILES string of the molecule is CNCc1cn(CCN(CCOC)CC(C)C)nn1. The Morgan fingerprint density at radius 1 is 1.42 bits per heavy atom. The minimum absolute atomic E-state index is 0.660. The molecule has 0 amide bonds. The van der Waals surface area contributed by atoms with Crippen LogP contribution >= 0.6 is 0 Å². The summed E-state index contributed by atoms with van der Waals surface area (Å²) in [4.78, 5) is 2.41. The van der Waals surface area contributed by atoms with Crippen molar-refractivity contribution >= 4 is 0 Å². The van der Waals surface area contributed by atoms with E-state index in [0.717, 1.165) is 45.0 Å². The summed E-state index contributed by atoms with van der Waals surface area (Å²) in [6, 6.07) is 0. The molecule has 110 valence electrons. The molecule has 0 spiro atoms. The first-order chi connectivity index (χ1) is 9.15. The van der Waals surface area contributed by atoms with E-state index in [1.165, 1.54) is 0 Å². The largest absolute Gasteiger partial charge is 0.383 e. The van der Waals surface area contributed by atoms with E-state index in [1.54, 1.807) is 7.11 Å². The highest BCUT2D eigenvalue weighted by atomic mass is 16.5. The molecule has 1 rings (SSSR count). The highest BCUT2D eigenvalue weighted by Gasteiger charge is 2.08. The van der Waals surface area contributed by atoms with Crippen LogP contribution in [0.2, 0.25) is 0 Å². The van der Waals surface area contributed by atoms with Crippen LogP contribution in [0.4, 0.5) is 0 Å². The van der Waals surface area contributed by atoms with Crippen LogP contribution in [0.3, 0.4) is 0 Å². The van der Waals surface area contributed by atoms with Gasteiger partial charge in [0.1, 0.15) is 0 Å². The van der Waals surface area contributed by atoms with Crippen molar-refractivity contribution in [1.29, 1.82) is 0 Å². The normalized spacial score (nSPS) is 11.7.